The first kappa shape index (κ1) is 14.9. The van der Waals surface area contributed by atoms with Crippen molar-refractivity contribution in [1.82, 2.24) is 0 Å². The van der Waals surface area contributed by atoms with E-state index in [2.05, 4.69) is 11.8 Å². The van der Waals surface area contributed by atoms with Gasteiger partial charge in [-0.15, -0.1) is 0 Å². The smallest absolute Gasteiger partial charge is 0.122 e. The second kappa shape index (κ2) is 8.87. The summed E-state index contributed by atoms with van der Waals surface area (Å²) in [6.07, 6.45) is 0.487. The van der Waals surface area contributed by atoms with Crippen LogP contribution in [0.2, 0.25) is 0 Å². The van der Waals surface area contributed by atoms with Gasteiger partial charge in [0.2, 0.25) is 0 Å². The molecule has 0 atom stereocenters. The van der Waals surface area contributed by atoms with E-state index in [1.54, 1.807) is 18.9 Å². The number of aliphatic hydroxyl groups excluding tert-OH is 2. The van der Waals surface area contributed by atoms with Crippen molar-refractivity contribution in [3.8, 4) is 17.6 Å². The number of ether oxygens (including phenoxy) is 1. The Hall–Kier alpha value is -1.15. The van der Waals surface area contributed by atoms with Crippen LogP contribution < -0.4 is 4.74 Å². The van der Waals surface area contributed by atoms with Crippen LogP contribution in [-0.2, 0) is 5.75 Å². The molecule has 0 aliphatic heterocycles. The van der Waals surface area contributed by atoms with Gasteiger partial charge in [0.05, 0.1) is 20.3 Å². The van der Waals surface area contributed by atoms with E-state index < -0.39 is 0 Å². The molecule has 1 aromatic carbocycles. The molecule has 18 heavy (non-hydrogen) atoms. The Labute approximate surface area is 112 Å². The highest BCUT2D eigenvalue weighted by atomic mass is 32.2. The first-order valence-electron chi connectivity index (χ1n) is 5.77. The van der Waals surface area contributed by atoms with E-state index >= 15 is 0 Å². The summed E-state index contributed by atoms with van der Waals surface area (Å²) in [6.45, 7) is 0.269. The van der Waals surface area contributed by atoms with Crippen molar-refractivity contribution in [3.63, 3.8) is 0 Å². The molecule has 0 saturated heterocycles. The van der Waals surface area contributed by atoms with Crippen LogP contribution in [0.15, 0.2) is 18.2 Å². The van der Waals surface area contributed by atoms with Gasteiger partial charge in [-0.1, -0.05) is 11.8 Å². The first-order valence-corrected chi connectivity index (χ1v) is 6.92. The molecule has 0 saturated carbocycles. The predicted molar refractivity (Wildman–Crippen MR) is 74.8 cm³/mol. The van der Waals surface area contributed by atoms with Gasteiger partial charge in [0.25, 0.3) is 0 Å². The highest BCUT2D eigenvalue weighted by Crippen LogP contribution is 2.24. The minimum Gasteiger partial charge on any atom is -0.496 e. The lowest BCUT2D eigenvalue weighted by Gasteiger charge is -2.08. The molecule has 0 bridgehead atoms. The second-order valence-corrected chi connectivity index (χ2v) is 4.68. The summed E-state index contributed by atoms with van der Waals surface area (Å²) in [4.78, 5) is 0. The zero-order chi connectivity index (χ0) is 13.2. The van der Waals surface area contributed by atoms with Crippen molar-refractivity contribution in [2.75, 3.05) is 26.1 Å². The number of rotatable bonds is 6. The molecule has 98 valence electrons. The Morgan fingerprint density at radius 1 is 1.28 bits per heavy atom. The van der Waals surface area contributed by atoms with E-state index in [9.17, 15) is 0 Å². The lowest BCUT2D eigenvalue weighted by atomic mass is 10.1. The van der Waals surface area contributed by atoms with E-state index in [4.69, 9.17) is 14.9 Å². The lowest BCUT2D eigenvalue weighted by Crippen LogP contribution is -1.93. The molecule has 1 aromatic rings. The maximum absolute atomic E-state index is 8.77. The molecule has 0 aliphatic carbocycles. The van der Waals surface area contributed by atoms with Crippen molar-refractivity contribution in [3.05, 3.63) is 29.3 Å². The van der Waals surface area contributed by atoms with Gasteiger partial charge in [0.1, 0.15) is 5.75 Å². The molecule has 1 rings (SSSR count). The average Bonchev–Trinajstić information content (AvgIpc) is 2.40. The Bertz CT molecular complexity index is 421. The summed E-state index contributed by atoms with van der Waals surface area (Å²) in [6, 6.07) is 5.80. The predicted octanol–water partition coefficient (Wildman–Crippen LogP) is 1.65. The van der Waals surface area contributed by atoms with E-state index in [0.29, 0.717) is 12.2 Å². The van der Waals surface area contributed by atoms with Gasteiger partial charge in [-0.2, -0.15) is 11.8 Å². The highest BCUT2D eigenvalue weighted by molar-refractivity contribution is 7.98. The molecule has 0 aliphatic rings. The minimum absolute atomic E-state index is 0.0857. The van der Waals surface area contributed by atoms with E-state index in [-0.39, 0.29) is 13.2 Å². The molecule has 0 heterocycles. The minimum atomic E-state index is 0.0857. The van der Waals surface area contributed by atoms with E-state index in [1.165, 1.54) is 0 Å². The second-order valence-electron chi connectivity index (χ2n) is 3.58. The molecule has 0 amide bonds. The zero-order valence-corrected chi connectivity index (χ0v) is 11.3. The molecule has 0 spiro atoms. The average molecular weight is 266 g/mol. The maximum atomic E-state index is 8.77. The van der Waals surface area contributed by atoms with Gasteiger partial charge in [0.15, 0.2) is 0 Å². The normalized spacial score (nSPS) is 9.72. The fourth-order valence-corrected chi connectivity index (χ4v) is 2.16. The fraction of sp³-hybridized carbons (Fsp3) is 0.429. The summed E-state index contributed by atoms with van der Waals surface area (Å²) in [7, 11) is 1.65. The lowest BCUT2D eigenvalue weighted by molar-refractivity contribution is 0.305. The Balaban J connectivity index is 2.78. The SMILES string of the molecule is COc1ccc(C#CCCO)cc1CSCCO. The zero-order valence-electron chi connectivity index (χ0n) is 10.5. The Kier molecular flexibility index (Phi) is 7.35. The van der Waals surface area contributed by atoms with Crippen molar-refractivity contribution in [1.29, 1.82) is 0 Å². The summed E-state index contributed by atoms with van der Waals surface area (Å²) in [5.74, 6) is 8.24. The van der Waals surface area contributed by atoms with Gasteiger partial charge in [-0.3, -0.25) is 0 Å². The molecule has 3 nitrogen and oxygen atoms in total. The quantitative estimate of drug-likeness (QED) is 0.607. The number of thioether (sulfide) groups is 1. The molecule has 4 heteroatoms. The molecule has 0 aromatic heterocycles. The monoisotopic (exact) mass is 266 g/mol. The fourth-order valence-electron chi connectivity index (χ4n) is 1.44. The first-order chi connectivity index (χ1) is 8.81. The molecule has 0 radical (unpaired) electrons. The van der Waals surface area contributed by atoms with Gasteiger partial charge in [-0.25, -0.2) is 0 Å². The van der Waals surface area contributed by atoms with E-state index in [0.717, 1.165) is 22.6 Å². The third kappa shape index (κ3) is 5.01. The number of hydrogen-bond donors (Lipinski definition) is 2. The van der Waals surface area contributed by atoms with Crippen molar-refractivity contribution < 1.29 is 14.9 Å². The van der Waals surface area contributed by atoms with E-state index in [1.807, 2.05) is 18.2 Å². The van der Waals surface area contributed by atoms with Crippen LogP contribution in [0.3, 0.4) is 0 Å². The van der Waals surface area contributed by atoms with Crippen LogP contribution in [0.5, 0.6) is 5.75 Å². The summed E-state index contributed by atoms with van der Waals surface area (Å²) in [5.41, 5.74) is 2.00. The highest BCUT2D eigenvalue weighted by Gasteiger charge is 2.03. The van der Waals surface area contributed by atoms with Gasteiger partial charge in [-0.05, 0) is 18.2 Å². The van der Waals surface area contributed by atoms with Crippen LogP contribution in [-0.4, -0.2) is 36.3 Å². The van der Waals surface area contributed by atoms with Crippen LogP contribution >= 0.6 is 11.8 Å². The Morgan fingerprint density at radius 3 is 2.78 bits per heavy atom. The topological polar surface area (TPSA) is 49.7 Å². The molecule has 2 N–H and O–H groups in total. The number of aliphatic hydroxyl groups is 2. The standard InChI is InChI=1S/C14H18O3S/c1-17-14-6-5-12(4-2-3-7-15)10-13(14)11-18-9-8-16/h5-6,10,15-16H,3,7-9,11H2,1H3. The molecular formula is C14H18O3S. The van der Waals surface area contributed by atoms with Gasteiger partial charge >= 0.3 is 0 Å². The number of methoxy groups -OCH3 is 1. The summed E-state index contributed by atoms with van der Waals surface area (Å²) in [5, 5.41) is 17.4. The molecular weight excluding hydrogens is 248 g/mol. The molecule has 0 fully saturated rings. The maximum Gasteiger partial charge on any atom is 0.122 e. The number of benzene rings is 1. The summed E-state index contributed by atoms with van der Waals surface area (Å²) < 4.78 is 5.29. The third-order valence-corrected chi connectivity index (χ3v) is 3.23. The van der Waals surface area contributed by atoms with Crippen molar-refractivity contribution >= 4 is 11.8 Å². The summed E-state index contributed by atoms with van der Waals surface area (Å²) >= 11 is 1.65. The third-order valence-electron chi connectivity index (χ3n) is 2.24. The van der Waals surface area contributed by atoms with Crippen LogP contribution in [0.1, 0.15) is 17.5 Å². The largest absolute Gasteiger partial charge is 0.496 e. The van der Waals surface area contributed by atoms with Crippen molar-refractivity contribution in [2.45, 2.75) is 12.2 Å². The van der Waals surface area contributed by atoms with Crippen LogP contribution in [0, 0.1) is 11.8 Å². The van der Waals surface area contributed by atoms with Gasteiger partial charge in [0, 0.05) is 29.1 Å². The molecule has 0 unspecified atom stereocenters. The number of hydrogen-bond acceptors (Lipinski definition) is 4. The van der Waals surface area contributed by atoms with Crippen molar-refractivity contribution in [2.24, 2.45) is 0 Å². The van der Waals surface area contributed by atoms with Gasteiger partial charge < -0.3 is 14.9 Å². The Morgan fingerprint density at radius 2 is 2.11 bits per heavy atom. The van der Waals surface area contributed by atoms with Crippen LogP contribution in [0.25, 0.3) is 0 Å². The van der Waals surface area contributed by atoms with Crippen LogP contribution in [0.4, 0.5) is 0 Å².